The molecule has 1 unspecified atom stereocenters. The van der Waals surface area contributed by atoms with Crippen molar-refractivity contribution in [2.45, 2.75) is 39.0 Å². The Morgan fingerprint density at radius 3 is 3.27 bits per heavy atom. The highest BCUT2D eigenvalue weighted by atomic mass is 32.1. The van der Waals surface area contributed by atoms with Crippen LogP contribution in [0.5, 0.6) is 0 Å². The van der Waals surface area contributed by atoms with Gasteiger partial charge < -0.3 is 5.32 Å². The molecule has 0 aliphatic carbocycles. The Bertz CT molecular complexity index is 290. The van der Waals surface area contributed by atoms with Crippen LogP contribution in [0.1, 0.15) is 36.9 Å². The molecule has 1 atom stereocenters. The van der Waals surface area contributed by atoms with Crippen LogP contribution in [0.2, 0.25) is 0 Å². The van der Waals surface area contributed by atoms with E-state index in [0.717, 1.165) is 12.3 Å². The van der Waals surface area contributed by atoms with Crippen LogP contribution in [0.3, 0.4) is 0 Å². The predicted molar refractivity (Wildman–Crippen MR) is 65.4 cm³/mol. The van der Waals surface area contributed by atoms with Crippen LogP contribution in [-0.4, -0.2) is 18.1 Å². The van der Waals surface area contributed by atoms with Crippen LogP contribution in [-0.2, 0) is 12.8 Å². The molecule has 15 heavy (non-hydrogen) atoms. The molecule has 2 rings (SSSR count). The molecule has 3 heteroatoms. The van der Waals surface area contributed by atoms with Crippen molar-refractivity contribution in [1.82, 2.24) is 10.3 Å². The van der Waals surface area contributed by atoms with Crippen LogP contribution in [0, 0.1) is 5.92 Å². The second kappa shape index (κ2) is 5.61. The van der Waals surface area contributed by atoms with Gasteiger partial charge in [-0.1, -0.05) is 6.92 Å². The number of nitrogens with zero attached hydrogens (tertiary/aromatic N) is 1. The standard InChI is InChI=1S/C12H20N2S/c1-2-4-12-14-11(9-15-12)7-10-5-3-6-13-8-10/h9-10,13H,2-8H2,1H3. The highest BCUT2D eigenvalue weighted by Gasteiger charge is 2.14. The van der Waals surface area contributed by atoms with Gasteiger partial charge in [-0.3, -0.25) is 0 Å². The minimum atomic E-state index is 0.815. The molecule has 0 spiro atoms. The zero-order chi connectivity index (χ0) is 10.5. The van der Waals surface area contributed by atoms with Crippen LogP contribution in [0.15, 0.2) is 5.38 Å². The van der Waals surface area contributed by atoms with E-state index in [0.29, 0.717) is 0 Å². The smallest absolute Gasteiger partial charge is 0.0928 e. The van der Waals surface area contributed by atoms with Gasteiger partial charge in [0.05, 0.1) is 10.7 Å². The zero-order valence-electron chi connectivity index (χ0n) is 9.46. The molecule has 0 bridgehead atoms. The summed E-state index contributed by atoms with van der Waals surface area (Å²) in [6.45, 7) is 4.60. The summed E-state index contributed by atoms with van der Waals surface area (Å²) < 4.78 is 0. The van der Waals surface area contributed by atoms with Crippen molar-refractivity contribution in [1.29, 1.82) is 0 Å². The Kier molecular flexibility index (Phi) is 4.15. The Labute approximate surface area is 96.1 Å². The van der Waals surface area contributed by atoms with Crippen LogP contribution >= 0.6 is 11.3 Å². The molecule has 2 heterocycles. The van der Waals surface area contributed by atoms with E-state index in [2.05, 4.69) is 22.6 Å². The van der Waals surface area contributed by atoms with Gasteiger partial charge in [0.2, 0.25) is 0 Å². The molecule has 84 valence electrons. The second-order valence-corrected chi connectivity index (χ2v) is 5.34. The number of aryl methyl sites for hydroxylation is 1. The number of thiazole rings is 1. The van der Waals surface area contributed by atoms with Crippen molar-refractivity contribution in [2.75, 3.05) is 13.1 Å². The highest BCUT2D eigenvalue weighted by Crippen LogP contribution is 2.18. The fourth-order valence-corrected chi connectivity index (χ4v) is 3.08. The Balaban J connectivity index is 1.86. The lowest BCUT2D eigenvalue weighted by Crippen LogP contribution is -2.30. The first-order valence-corrected chi connectivity index (χ1v) is 6.90. The van der Waals surface area contributed by atoms with E-state index >= 15 is 0 Å². The van der Waals surface area contributed by atoms with Gasteiger partial charge in [-0.15, -0.1) is 11.3 Å². The molecular weight excluding hydrogens is 204 g/mol. The first-order chi connectivity index (χ1) is 7.38. The third kappa shape index (κ3) is 3.28. The quantitative estimate of drug-likeness (QED) is 0.850. The van der Waals surface area contributed by atoms with E-state index in [9.17, 15) is 0 Å². The predicted octanol–water partition coefficient (Wildman–Crippen LogP) is 2.64. The lowest BCUT2D eigenvalue weighted by atomic mass is 9.95. The fourth-order valence-electron chi connectivity index (χ4n) is 2.17. The number of nitrogens with one attached hydrogen (secondary N) is 1. The van der Waals surface area contributed by atoms with Crippen molar-refractivity contribution >= 4 is 11.3 Å². The molecule has 1 saturated heterocycles. The van der Waals surface area contributed by atoms with Crippen molar-refractivity contribution in [3.63, 3.8) is 0 Å². The Morgan fingerprint density at radius 2 is 2.53 bits per heavy atom. The molecule has 0 aromatic carbocycles. The minimum absolute atomic E-state index is 0.815. The second-order valence-electron chi connectivity index (χ2n) is 4.40. The molecule has 0 amide bonds. The average molecular weight is 224 g/mol. The topological polar surface area (TPSA) is 24.9 Å². The summed E-state index contributed by atoms with van der Waals surface area (Å²) in [5.74, 6) is 0.815. The third-order valence-electron chi connectivity index (χ3n) is 2.96. The first-order valence-electron chi connectivity index (χ1n) is 6.02. The lowest BCUT2D eigenvalue weighted by Gasteiger charge is -2.21. The molecule has 2 nitrogen and oxygen atoms in total. The van der Waals surface area contributed by atoms with E-state index in [-0.39, 0.29) is 0 Å². The molecule has 0 saturated carbocycles. The van der Waals surface area contributed by atoms with Crippen molar-refractivity contribution in [3.05, 3.63) is 16.1 Å². The van der Waals surface area contributed by atoms with Gasteiger partial charge in [0.15, 0.2) is 0 Å². The molecule has 1 aliphatic rings. The summed E-state index contributed by atoms with van der Waals surface area (Å²) >= 11 is 1.83. The molecule has 1 aromatic rings. The summed E-state index contributed by atoms with van der Waals surface area (Å²) in [5.41, 5.74) is 1.32. The van der Waals surface area contributed by atoms with E-state index in [1.54, 1.807) is 0 Å². The molecule has 1 fully saturated rings. The van der Waals surface area contributed by atoms with Crippen LogP contribution in [0.25, 0.3) is 0 Å². The molecule has 1 aromatic heterocycles. The van der Waals surface area contributed by atoms with Crippen LogP contribution in [0.4, 0.5) is 0 Å². The maximum Gasteiger partial charge on any atom is 0.0928 e. The zero-order valence-corrected chi connectivity index (χ0v) is 10.3. The van der Waals surface area contributed by atoms with Crippen LogP contribution < -0.4 is 5.32 Å². The first kappa shape index (κ1) is 11.1. The number of aromatic nitrogens is 1. The summed E-state index contributed by atoms with van der Waals surface area (Å²) in [7, 11) is 0. The molecular formula is C12H20N2S. The van der Waals surface area contributed by atoms with E-state index in [4.69, 9.17) is 0 Å². The van der Waals surface area contributed by atoms with E-state index in [1.807, 2.05) is 11.3 Å². The summed E-state index contributed by atoms with van der Waals surface area (Å²) in [6, 6.07) is 0. The van der Waals surface area contributed by atoms with Crippen molar-refractivity contribution in [3.8, 4) is 0 Å². The SMILES string of the molecule is CCCc1nc(CC2CCCNC2)cs1. The number of hydrogen-bond donors (Lipinski definition) is 1. The average Bonchev–Trinajstić information content (AvgIpc) is 2.68. The van der Waals surface area contributed by atoms with E-state index < -0.39 is 0 Å². The maximum atomic E-state index is 4.68. The number of rotatable bonds is 4. The fraction of sp³-hybridized carbons (Fsp3) is 0.750. The monoisotopic (exact) mass is 224 g/mol. The van der Waals surface area contributed by atoms with Crippen molar-refractivity contribution < 1.29 is 0 Å². The Hall–Kier alpha value is -0.410. The van der Waals surface area contributed by atoms with E-state index in [1.165, 1.54) is 49.5 Å². The van der Waals surface area contributed by atoms with Gasteiger partial charge in [-0.2, -0.15) is 0 Å². The van der Waals surface area contributed by atoms with Gasteiger partial charge in [0, 0.05) is 5.38 Å². The lowest BCUT2D eigenvalue weighted by molar-refractivity contribution is 0.374. The van der Waals surface area contributed by atoms with Gasteiger partial charge in [-0.05, 0) is 51.1 Å². The number of hydrogen-bond acceptors (Lipinski definition) is 3. The molecule has 0 radical (unpaired) electrons. The van der Waals surface area contributed by atoms with Gasteiger partial charge >= 0.3 is 0 Å². The molecule has 1 aliphatic heterocycles. The molecule has 1 N–H and O–H groups in total. The number of piperidine rings is 1. The normalized spacial score (nSPS) is 21.8. The van der Waals surface area contributed by atoms with Gasteiger partial charge in [0.25, 0.3) is 0 Å². The maximum absolute atomic E-state index is 4.68. The summed E-state index contributed by atoms with van der Waals surface area (Å²) in [4.78, 5) is 4.68. The summed E-state index contributed by atoms with van der Waals surface area (Å²) in [5, 5.41) is 7.03. The Morgan fingerprint density at radius 1 is 1.60 bits per heavy atom. The van der Waals surface area contributed by atoms with Gasteiger partial charge in [-0.25, -0.2) is 4.98 Å². The minimum Gasteiger partial charge on any atom is -0.316 e. The van der Waals surface area contributed by atoms with Crippen molar-refractivity contribution in [2.24, 2.45) is 5.92 Å². The largest absolute Gasteiger partial charge is 0.316 e. The van der Waals surface area contributed by atoms with Gasteiger partial charge in [0.1, 0.15) is 0 Å². The highest BCUT2D eigenvalue weighted by molar-refractivity contribution is 7.09. The third-order valence-corrected chi connectivity index (χ3v) is 3.92. The summed E-state index contributed by atoms with van der Waals surface area (Å²) in [6.07, 6.45) is 6.23.